The zero-order chi connectivity index (χ0) is 21.4. The summed E-state index contributed by atoms with van der Waals surface area (Å²) in [5.74, 6) is -0.599. The molecule has 0 aliphatic carbocycles. The number of halogens is 1. The van der Waals surface area contributed by atoms with Crippen LogP contribution in [0.4, 0.5) is 14.9 Å². The molecule has 6 heteroatoms. The van der Waals surface area contributed by atoms with Crippen molar-refractivity contribution in [3.05, 3.63) is 107 Å². The van der Waals surface area contributed by atoms with Crippen molar-refractivity contribution in [1.29, 1.82) is 0 Å². The van der Waals surface area contributed by atoms with Crippen LogP contribution in [0.1, 0.15) is 11.1 Å². The lowest BCUT2D eigenvalue weighted by Gasteiger charge is -2.11. The fourth-order valence-corrected chi connectivity index (χ4v) is 4.57. The van der Waals surface area contributed by atoms with E-state index in [4.69, 9.17) is 0 Å². The summed E-state index contributed by atoms with van der Waals surface area (Å²) in [6.07, 6.45) is 3.64. The molecule has 0 spiro atoms. The third-order valence-electron chi connectivity index (χ3n) is 5.21. The first-order chi connectivity index (χ1) is 15.1. The van der Waals surface area contributed by atoms with E-state index >= 15 is 0 Å². The van der Waals surface area contributed by atoms with E-state index in [1.807, 2.05) is 47.2 Å². The van der Waals surface area contributed by atoms with Crippen LogP contribution in [0.5, 0.6) is 0 Å². The first-order valence-electron chi connectivity index (χ1n) is 9.76. The van der Waals surface area contributed by atoms with Gasteiger partial charge in [0, 0.05) is 28.2 Å². The average molecular weight is 428 g/mol. The number of benzene rings is 3. The fourth-order valence-electron chi connectivity index (χ4n) is 3.74. The SMILES string of the molecule is O=C1S/C(=C\c2cn(Cc3ccccc3F)c3ccccc23)C(=O)N1c1ccccc1. The normalized spacial score (nSPS) is 15.4. The Morgan fingerprint density at radius 1 is 0.871 bits per heavy atom. The summed E-state index contributed by atoms with van der Waals surface area (Å²) < 4.78 is 16.2. The Hall–Kier alpha value is -3.64. The van der Waals surface area contributed by atoms with E-state index in [-0.39, 0.29) is 17.0 Å². The van der Waals surface area contributed by atoms with Gasteiger partial charge in [-0.05, 0) is 42.1 Å². The van der Waals surface area contributed by atoms with Crippen molar-refractivity contribution in [2.45, 2.75) is 6.54 Å². The molecule has 3 aromatic carbocycles. The van der Waals surface area contributed by atoms with E-state index in [0.717, 1.165) is 28.2 Å². The molecule has 0 radical (unpaired) electrons. The van der Waals surface area contributed by atoms with Crippen molar-refractivity contribution >= 4 is 45.6 Å². The number of carbonyl (C=O) groups excluding carboxylic acids is 2. The van der Waals surface area contributed by atoms with Crippen molar-refractivity contribution in [2.75, 3.05) is 4.90 Å². The van der Waals surface area contributed by atoms with Gasteiger partial charge in [-0.2, -0.15) is 0 Å². The van der Waals surface area contributed by atoms with Crippen molar-refractivity contribution < 1.29 is 14.0 Å². The zero-order valence-corrected chi connectivity index (χ0v) is 17.2. The van der Waals surface area contributed by atoms with Crippen LogP contribution in [0, 0.1) is 5.82 Å². The summed E-state index contributed by atoms with van der Waals surface area (Å²) in [6, 6.07) is 23.3. The Kier molecular flexibility index (Phi) is 4.92. The Morgan fingerprint density at radius 3 is 2.39 bits per heavy atom. The van der Waals surface area contributed by atoms with Gasteiger partial charge < -0.3 is 4.57 Å². The molecule has 1 saturated heterocycles. The van der Waals surface area contributed by atoms with Crippen molar-refractivity contribution in [1.82, 2.24) is 4.57 Å². The van der Waals surface area contributed by atoms with Crippen molar-refractivity contribution in [3.8, 4) is 0 Å². The lowest BCUT2D eigenvalue weighted by atomic mass is 10.1. The number of nitrogens with zero attached hydrogens (tertiary/aromatic N) is 2. The summed E-state index contributed by atoms with van der Waals surface area (Å²) in [7, 11) is 0. The van der Waals surface area contributed by atoms with Gasteiger partial charge in [0.1, 0.15) is 5.82 Å². The number of rotatable bonds is 4. The van der Waals surface area contributed by atoms with Crippen LogP contribution in [0.15, 0.2) is 90.0 Å². The molecule has 4 nitrogen and oxygen atoms in total. The topological polar surface area (TPSA) is 42.3 Å². The van der Waals surface area contributed by atoms with Crippen LogP contribution in [0.3, 0.4) is 0 Å². The molecule has 2 amide bonds. The summed E-state index contributed by atoms with van der Waals surface area (Å²) >= 11 is 0.925. The second-order valence-corrected chi connectivity index (χ2v) is 8.17. The molecule has 1 aliphatic heterocycles. The van der Waals surface area contributed by atoms with Gasteiger partial charge in [0.15, 0.2) is 0 Å². The largest absolute Gasteiger partial charge is 0.342 e. The molecule has 0 unspecified atom stereocenters. The molecule has 0 bridgehead atoms. The Morgan fingerprint density at radius 2 is 1.58 bits per heavy atom. The van der Waals surface area contributed by atoms with E-state index in [1.165, 1.54) is 11.0 Å². The summed E-state index contributed by atoms with van der Waals surface area (Å²) in [4.78, 5) is 27.0. The standard InChI is InChI=1S/C25H17FN2O2S/c26-21-12-6-4-8-17(21)15-27-16-18(20-11-5-7-13-22(20)27)14-23-24(29)28(25(30)31-23)19-9-2-1-3-10-19/h1-14,16H,15H2/b23-14-. The highest BCUT2D eigenvalue weighted by Crippen LogP contribution is 2.37. The number of fused-ring (bicyclic) bond motifs is 1. The van der Waals surface area contributed by atoms with Gasteiger partial charge in [0.25, 0.3) is 11.1 Å². The highest BCUT2D eigenvalue weighted by molar-refractivity contribution is 8.19. The van der Waals surface area contributed by atoms with Gasteiger partial charge in [-0.25, -0.2) is 9.29 Å². The van der Waals surface area contributed by atoms with E-state index in [2.05, 4.69) is 0 Å². The first-order valence-corrected chi connectivity index (χ1v) is 10.6. The van der Waals surface area contributed by atoms with E-state index in [0.29, 0.717) is 22.7 Å². The minimum absolute atomic E-state index is 0.259. The monoisotopic (exact) mass is 428 g/mol. The minimum Gasteiger partial charge on any atom is -0.342 e. The molecule has 5 rings (SSSR count). The molecular formula is C25H17FN2O2S. The summed E-state index contributed by atoms with van der Waals surface area (Å²) in [6.45, 7) is 0.368. The van der Waals surface area contributed by atoms with Crippen molar-refractivity contribution in [2.24, 2.45) is 0 Å². The average Bonchev–Trinajstić information content (AvgIpc) is 3.27. The predicted molar refractivity (Wildman–Crippen MR) is 122 cm³/mol. The number of para-hydroxylation sites is 2. The molecule has 0 saturated carbocycles. The van der Waals surface area contributed by atoms with Gasteiger partial charge in [0.05, 0.1) is 17.1 Å². The van der Waals surface area contributed by atoms with Gasteiger partial charge in [-0.3, -0.25) is 9.59 Å². The molecule has 1 aromatic heterocycles. The molecule has 2 heterocycles. The van der Waals surface area contributed by atoms with Crippen LogP contribution in [0.25, 0.3) is 17.0 Å². The quantitative estimate of drug-likeness (QED) is 0.371. The van der Waals surface area contributed by atoms with E-state index < -0.39 is 0 Å². The third-order valence-corrected chi connectivity index (χ3v) is 6.08. The number of hydrogen-bond acceptors (Lipinski definition) is 3. The highest BCUT2D eigenvalue weighted by Gasteiger charge is 2.36. The number of amides is 2. The number of imide groups is 1. The molecule has 1 fully saturated rings. The van der Waals surface area contributed by atoms with E-state index in [1.54, 1.807) is 42.5 Å². The number of hydrogen-bond donors (Lipinski definition) is 0. The molecular weight excluding hydrogens is 411 g/mol. The maximum Gasteiger partial charge on any atom is 0.298 e. The number of anilines is 1. The number of carbonyl (C=O) groups is 2. The molecule has 4 aromatic rings. The number of aromatic nitrogens is 1. The van der Waals surface area contributed by atoms with Crippen LogP contribution < -0.4 is 4.90 Å². The molecule has 1 aliphatic rings. The van der Waals surface area contributed by atoms with Crippen LogP contribution in [-0.2, 0) is 11.3 Å². The minimum atomic E-state index is -0.341. The molecule has 31 heavy (non-hydrogen) atoms. The van der Waals surface area contributed by atoms with E-state index in [9.17, 15) is 14.0 Å². The maximum absolute atomic E-state index is 14.2. The summed E-state index contributed by atoms with van der Waals surface area (Å²) in [5, 5.41) is 0.614. The fraction of sp³-hybridized carbons (Fsp3) is 0.0400. The predicted octanol–water partition coefficient (Wildman–Crippen LogP) is 6.07. The Labute approximate surface area is 182 Å². The highest BCUT2D eigenvalue weighted by atomic mass is 32.2. The second kappa shape index (κ2) is 7.89. The Balaban J connectivity index is 1.54. The van der Waals surface area contributed by atoms with Gasteiger partial charge in [0.2, 0.25) is 0 Å². The number of thioether (sulfide) groups is 1. The third kappa shape index (κ3) is 3.55. The molecule has 0 N–H and O–H groups in total. The summed E-state index contributed by atoms with van der Waals surface area (Å²) in [5.41, 5.74) is 2.87. The maximum atomic E-state index is 14.2. The van der Waals surface area contributed by atoms with Gasteiger partial charge in [-0.1, -0.05) is 54.6 Å². The van der Waals surface area contributed by atoms with Crippen molar-refractivity contribution in [3.63, 3.8) is 0 Å². The second-order valence-electron chi connectivity index (χ2n) is 7.17. The molecule has 0 atom stereocenters. The smallest absolute Gasteiger partial charge is 0.298 e. The Bertz CT molecular complexity index is 1340. The zero-order valence-electron chi connectivity index (χ0n) is 16.4. The lowest BCUT2D eigenvalue weighted by molar-refractivity contribution is -0.113. The first kappa shape index (κ1) is 19.3. The molecule has 152 valence electrons. The van der Waals surface area contributed by atoms with Crippen LogP contribution in [0.2, 0.25) is 0 Å². The van der Waals surface area contributed by atoms with Gasteiger partial charge in [-0.15, -0.1) is 0 Å². The van der Waals surface area contributed by atoms with Crippen LogP contribution in [-0.4, -0.2) is 15.7 Å². The van der Waals surface area contributed by atoms with Gasteiger partial charge >= 0.3 is 0 Å². The lowest BCUT2D eigenvalue weighted by Crippen LogP contribution is -2.27. The van der Waals surface area contributed by atoms with Crippen LogP contribution >= 0.6 is 11.8 Å².